The summed E-state index contributed by atoms with van der Waals surface area (Å²) in [4.78, 5) is 24.7. The van der Waals surface area contributed by atoms with E-state index >= 15 is 0 Å². The van der Waals surface area contributed by atoms with Crippen LogP contribution in [0.15, 0.2) is 0 Å². The number of hydrogen-bond acceptors (Lipinski definition) is 2. The normalized spacial score (nSPS) is 30.9. The Morgan fingerprint density at radius 2 is 1.76 bits per heavy atom. The number of hydrogen-bond donors (Lipinski definition) is 1. The van der Waals surface area contributed by atoms with Crippen LogP contribution in [0.5, 0.6) is 0 Å². The number of amides is 1. The van der Waals surface area contributed by atoms with Gasteiger partial charge in [0.1, 0.15) is 6.54 Å². The van der Waals surface area contributed by atoms with Gasteiger partial charge >= 0.3 is 5.97 Å². The number of nitrogens with zero attached hydrogens (tertiary/aromatic N) is 1. The van der Waals surface area contributed by atoms with Crippen LogP contribution < -0.4 is 0 Å². The highest BCUT2D eigenvalue weighted by atomic mass is 16.4. The first kappa shape index (κ1) is 12.4. The van der Waals surface area contributed by atoms with Crippen molar-refractivity contribution in [2.24, 2.45) is 17.8 Å². The Hall–Kier alpha value is -1.06. The van der Waals surface area contributed by atoms with Gasteiger partial charge in [-0.3, -0.25) is 9.59 Å². The Balaban J connectivity index is 2.06. The highest BCUT2D eigenvalue weighted by Crippen LogP contribution is 2.58. The highest BCUT2D eigenvalue weighted by Gasteiger charge is 2.58. The van der Waals surface area contributed by atoms with Crippen molar-refractivity contribution in [1.29, 1.82) is 0 Å². The molecule has 1 N–H and O–H groups in total. The van der Waals surface area contributed by atoms with Crippen LogP contribution in [0, 0.1) is 17.8 Å². The van der Waals surface area contributed by atoms with Gasteiger partial charge in [0.2, 0.25) is 5.91 Å². The lowest BCUT2D eigenvalue weighted by molar-refractivity contribution is -0.149. The molecule has 17 heavy (non-hydrogen) atoms. The van der Waals surface area contributed by atoms with E-state index in [1.54, 1.807) is 0 Å². The van der Waals surface area contributed by atoms with Gasteiger partial charge < -0.3 is 10.0 Å². The zero-order valence-corrected chi connectivity index (χ0v) is 10.8. The lowest BCUT2D eigenvalue weighted by Crippen LogP contribution is -2.49. The van der Waals surface area contributed by atoms with Crippen LogP contribution in [0.4, 0.5) is 0 Å². The second-order valence-corrected chi connectivity index (χ2v) is 6.27. The molecule has 0 saturated heterocycles. The van der Waals surface area contributed by atoms with Crippen LogP contribution in [0.1, 0.15) is 40.0 Å². The minimum Gasteiger partial charge on any atom is -0.480 e. The largest absolute Gasteiger partial charge is 0.480 e. The smallest absolute Gasteiger partial charge is 0.323 e. The summed E-state index contributed by atoms with van der Waals surface area (Å²) in [6, 6.07) is 0. The van der Waals surface area contributed by atoms with E-state index in [1.807, 2.05) is 20.8 Å². The van der Waals surface area contributed by atoms with E-state index in [4.69, 9.17) is 5.11 Å². The summed E-state index contributed by atoms with van der Waals surface area (Å²) in [7, 11) is 0. The van der Waals surface area contributed by atoms with E-state index < -0.39 is 11.5 Å². The molecule has 2 aliphatic rings. The molecule has 2 atom stereocenters. The number of rotatable bonds is 3. The van der Waals surface area contributed by atoms with E-state index in [0.29, 0.717) is 11.8 Å². The van der Waals surface area contributed by atoms with Gasteiger partial charge in [-0.1, -0.05) is 6.42 Å². The van der Waals surface area contributed by atoms with Crippen LogP contribution in [-0.2, 0) is 9.59 Å². The lowest BCUT2D eigenvalue weighted by atomic mass is 10.0. The molecule has 0 aromatic heterocycles. The number of carbonyl (C=O) groups excluding carboxylic acids is 1. The average molecular weight is 239 g/mol. The van der Waals surface area contributed by atoms with Crippen molar-refractivity contribution in [2.45, 2.75) is 45.6 Å². The molecule has 0 bridgehead atoms. The molecule has 2 aliphatic carbocycles. The van der Waals surface area contributed by atoms with Crippen molar-refractivity contribution in [3.63, 3.8) is 0 Å². The van der Waals surface area contributed by atoms with Gasteiger partial charge in [-0.05, 0) is 45.4 Å². The number of carboxylic acid groups (broad SMARTS) is 1. The van der Waals surface area contributed by atoms with Crippen molar-refractivity contribution in [2.75, 3.05) is 6.54 Å². The maximum Gasteiger partial charge on any atom is 0.323 e. The number of carbonyl (C=O) groups is 2. The van der Waals surface area contributed by atoms with E-state index in [9.17, 15) is 9.59 Å². The molecule has 2 fully saturated rings. The zero-order valence-electron chi connectivity index (χ0n) is 10.8. The molecule has 2 rings (SSSR count). The Morgan fingerprint density at radius 3 is 2.18 bits per heavy atom. The molecule has 2 saturated carbocycles. The first-order chi connectivity index (χ1) is 7.82. The molecule has 4 heteroatoms. The van der Waals surface area contributed by atoms with Crippen LogP contribution in [-0.4, -0.2) is 34.0 Å². The van der Waals surface area contributed by atoms with Crippen molar-refractivity contribution in [1.82, 2.24) is 4.90 Å². The molecule has 0 heterocycles. The van der Waals surface area contributed by atoms with Crippen LogP contribution in [0.25, 0.3) is 0 Å². The minimum absolute atomic E-state index is 0.0506. The molecule has 0 aromatic carbocycles. The molecule has 4 nitrogen and oxygen atoms in total. The van der Waals surface area contributed by atoms with Crippen LogP contribution in [0.2, 0.25) is 0 Å². The molecule has 2 unspecified atom stereocenters. The highest BCUT2D eigenvalue weighted by molar-refractivity contribution is 5.86. The van der Waals surface area contributed by atoms with E-state index in [0.717, 1.165) is 12.8 Å². The van der Waals surface area contributed by atoms with Crippen molar-refractivity contribution in [3.8, 4) is 0 Å². The van der Waals surface area contributed by atoms with Gasteiger partial charge in [-0.2, -0.15) is 0 Å². The molecule has 96 valence electrons. The molecule has 0 spiro atoms. The molecular weight excluding hydrogens is 218 g/mol. The molecule has 0 aliphatic heterocycles. The quantitative estimate of drug-likeness (QED) is 0.816. The van der Waals surface area contributed by atoms with Crippen molar-refractivity contribution in [3.05, 3.63) is 0 Å². The summed E-state index contributed by atoms with van der Waals surface area (Å²) >= 11 is 0. The van der Waals surface area contributed by atoms with Crippen molar-refractivity contribution < 1.29 is 14.7 Å². The summed E-state index contributed by atoms with van der Waals surface area (Å²) in [5, 5.41) is 8.91. The Labute approximate surface area is 102 Å². The summed E-state index contributed by atoms with van der Waals surface area (Å²) in [6.07, 6.45) is 3.52. The zero-order chi connectivity index (χ0) is 12.8. The summed E-state index contributed by atoms with van der Waals surface area (Å²) < 4.78 is 0. The minimum atomic E-state index is -0.931. The fourth-order valence-corrected chi connectivity index (χ4v) is 3.15. The van der Waals surface area contributed by atoms with Gasteiger partial charge in [0.15, 0.2) is 0 Å². The van der Waals surface area contributed by atoms with Crippen LogP contribution >= 0.6 is 0 Å². The van der Waals surface area contributed by atoms with E-state index in [2.05, 4.69) is 0 Å². The first-order valence-corrected chi connectivity index (χ1v) is 6.35. The lowest BCUT2D eigenvalue weighted by Gasteiger charge is -2.35. The topological polar surface area (TPSA) is 57.6 Å². The second-order valence-electron chi connectivity index (χ2n) is 6.27. The summed E-state index contributed by atoms with van der Waals surface area (Å²) in [6.45, 7) is 5.50. The first-order valence-electron chi connectivity index (χ1n) is 6.35. The number of carboxylic acids is 1. The summed E-state index contributed by atoms with van der Waals surface area (Å²) in [5.41, 5.74) is -0.410. The monoisotopic (exact) mass is 239 g/mol. The fraction of sp³-hybridized carbons (Fsp3) is 0.846. The maximum atomic E-state index is 12.4. The standard InChI is InChI=1S/C13H21NO3/c1-13(2,3)14(7-10(15)16)12(17)11-8-5-4-6-9(8)11/h8-9,11H,4-7H2,1-3H3,(H,15,16). The number of aliphatic carboxylic acids is 1. The van der Waals surface area contributed by atoms with Gasteiger partial charge in [-0.25, -0.2) is 0 Å². The molecule has 1 amide bonds. The van der Waals surface area contributed by atoms with Gasteiger partial charge in [0, 0.05) is 11.5 Å². The maximum absolute atomic E-state index is 12.4. The SMILES string of the molecule is CC(C)(C)N(CC(=O)O)C(=O)C1C2CCCC21. The summed E-state index contributed by atoms with van der Waals surface area (Å²) in [5.74, 6) is 0.318. The molecule has 0 radical (unpaired) electrons. The predicted octanol–water partition coefficient (Wildman–Crippen LogP) is 1.74. The molecule has 0 aromatic rings. The fourth-order valence-electron chi connectivity index (χ4n) is 3.15. The second kappa shape index (κ2) is 4.00. The van der Waals surface area contributed by atoms with Gasteiger partial charge in [-0.15, -0.1) is 0 Å². The Kier molecular flexibility index (Phi) is 2.92. The molecular formula is C13H21NO3. The third-order valence-corrected chi connectivity index (χ3v) is 4.06. The average Bonchev–Trinajstić information content (AvgIpc) is 2.65. The van der Waals surface area contributed by atoms with Crippen molar-refractivity contribution >= 4 is 11.9 Å². The van der Waals surface area contributed by atoms with Crippen LogP contribution in [0.3, 0.4) is 0 Å². The van der Waals surface area contributed by atoms with E-state index in [-0.39, 0.29) is 18.4 Å². The van der Waals surface area contributed by atoms with Gasteiger partial charge in [0.25, 0.3) is 0 Å². The third-order valence-electron chi connectivity index (χ3n) is 4.06. The Bertz CT molecular complexity index is 335. The Morgan fingerprint density at radius 1 is 1.24 bits per heavy atom. The number of fused-ring (bicyclic) bond motifs is 1. The predicted molar refractivity (Wildman–Crippen MR) is 63.4 cm³/mol. The third kappa shape index (κ3) is 2.31. The van der Waals surface area contributed by atoms with E-state index in [1.165, 1.54) is 11.3 Å². The van der Waals surface area contributed by atoms with Gasteiger partial charge in [0.05, 0.1) is 0 Å².